The molecular formula is C17H20N2O6. The summed E-state index contributed by atoms with van der Waals surface area (Å²) < 4.78 is 10.9. The third kappa shape index (κ3) is 3.80. The first-order chi connectivity index (χ1) is 12.0. The lowest BCUT2D eigenvalue weighted by Crippen LogP contribution is -2.57. The highest BCUT2D eigenvalue weighted by Crippen LogP contribution is 2.26. The van der Waals surface area contributed by atoms with Crippen LogP contribution in [0, 0.1) is 5.92 Å². The quantitative estimate of drug-likeness (QED) is 0.768. The van der Waals surface area contributed by atoms with E-state index in [-0.39, 0.29) is 31.4 Å². The number of carbonyl (C=O) groups excluding carboxylic acids is 3. The Balaban J connectivity index is 1.56. The number of rotatable bonds is 4. The fourth-order valence-electron chi connectivity index (χ4n) is 2.88. The molecule has 1 aromatic carbocycles. The smallest absolute Gasteiger partial charge is 0.338 e. The van der Waals surface area contributed by atoms with Crippen LogP contribution in [-0.4, -0.2) is 59.5 Å². The normalized spacial score (nSPS) is 29.4. The summed E-state index contributed by atoms with van der Waals surface area (Å²) in [5.74, 6) is -1.18. The monoisotopic (exact) mass is 348 g/mol. The molecule has 0 spiro atoms. The largest absolute Gasteiger partial charge is 0.459 e. The molecule has 1 aromatic rings. The zero-order valence-electron chi connectivity index (χ0n) is 13.8. The van der Waals surface area contributed by atoms with Gasteiger partial charge in [-0.05, 0) is 12.1 Å². The molecule has 0 radical (unpaired) electrons. The lowest BCUT2D eigenvalue weighted by atomic mass is 10.1. The van der Waals surface area contributed by atoms with Crippen molar-refractivity contribution >= 4 is 17.9 Å². The van der Waals surface area contributed by atoms with E-state index < -0.39 is 30.4 Å². The molecule has 2 unspecified atom stereocenters. The van der Waals surface area contributed by atoms with Gasteiger partial charge in [0.1, 0.15) is 18.9 Å². The number of aliphatic hydroxyl groups is 1. The second kappa shape index (κ2) is 7.20. The first kappa shape index (κ1) is 17.4. The van der Waals surface area contributed by atoms with Gasteiger partial charge in [0.15, 0.2) is 0 Å². The molecule has 2 fully saturated rings. The number of amides is 3. The highest BCUT2D eigenvalue weighted by molar-refractivity contribution is 5.97. The van der Waals surface area contributed by atoms with Gasteiger partial charge in [-0.1, -0.05) is 25.1 Å². The van der Waals surface area contributed by atoms with Crippen LogP contribution < -0.4 is 5.32 Å². The lowest BCUT2D eigenvalue weighted by molar-refractivity contribution is -0.128. The van der Waals surface area contributed by atoms with Gasteiger partial charge in [0.25, 0.3) is 0 Å². The number of aliphatic hydroxyl groups excluding tert-OH is 1. The van der Waals surface area contributed by atoms with E-state index in [2.05, 4.69) is 5.32 Å². The Labute approximate surface area is 144 Å². The Morgan fingerprint density at radius 1 is 1.36 bits per heavy atom. The Bertz CT molecular complexity index is 664. The molecule has 0 aliphatic carbocycles. The van der Waals surface area contributed by atoms with Crippen LogP contribution in [0.25, 0.3) is 0 Å². The molecule has 134 valence electrons. The molecule has 3 amide bonds. The number of urea groups is 1. The van der Waals surface area contributed by atoms with Crippen LogP contribution in [-0.2, 0) is 14.3 Å². The van der Waals surface area contributed by atoms with Crippen molar-refractivity contribution in [2.45, 2.75) is 31.8 Å². The first-order valence-electron chi connectivity index (χ1n) is 8.13. The van der Waals surface area contributed by atoms with Crippen LogP contribution in [0.5, 0.6) is 0 Å². The Kier molecular flexibility index (Phi) is 5.00. The van der Waals surface area contributed by atoms with Gasteiger partial charge in [-0.3, -0.25) is 15.0 Å². The summed E-state index contributed by atoms with van der Waals surface area (Å²) in [4.78, 5) is 36.8. The summed E-state index contributed by atoms with van der Waals surface area (Å²) in [5.41, 5.74) is 0.411. The van der Waals surface area contributed by atoms with E-state index in [0.29, 0.717) is 5.56 Å². The number of nitrogens with zero attached hydrogens (tertiary/aromatic N) is 1. The molecule has 2 aliphatic rings. The molecule has 8 heteroatoms. The average molecular weight is 348 g/mol. The van der Waals surface area contributed by atoms with Crippen LogP contribution in [0.15, 0.2) is 30.3 Å². The van der Waals surface area contributed by atoms with Gasteiger partial charge in [-0.15, -0.1) is 0 Å². The zero-order chi connectivity index (χ0) is 18.0. The Morgan fingerprint density at radius 2 is 2.08 bits per heavy atom. The highest BCUT2D eigenvalue weighted by Gasteiger charge is 2.42. The van der Waals surface area contributed by atoms with Crippen molar-refractivity contribution in [3.05, 3.63) is 35.9 Å². The fraction of sp³-hybridized carbons (Fsp3) is 0.471. The number of benzene rings is 1. The van der Waals surface area contributed by atoms with Crippen LogP contribution in [0.4, 0.5) is 4.79 Å². The van der Waals surface area contributed by atoms with Gasteiger partial charge in [0.05, 0.1) is 17.6 Å². The van der Waals surface area contributed by atoms with Crippen molar-refractivity contribution in [1.82, 2.24) is 10.2 Å². The summed E-state index contributed by atoms with van der Waals surface area (Å²) in [7, 11) is 0. The van der Waals surface area contributed by atoms with Crippen LogP contribution in [0.3, 0.4) is 0 Å². The summed E-state index contributed by atoms with van der Waals surface area (Å²) in [6.07, 6.45) is -2.05. The molecule has 8 nitrogen and oxygen atoms in total. The fourth-order valence-corrected chi connectivity index (χ4v) is 2.88. The van der Waals surface area contributed by atoms with E-state index in [1.807, 2.05) is 0 Å². The van der Waals surface area contributed by atoms with Crippen molar-refractivity contribution < 1.29 is 29.0 Å². The van der Waals surface area contributed by atoms with Gasteiger partial charge in [0.2, 0.25) is 5.91 Å². The molecule has 25 heavy (non-hydrogen) atoms. The number of esters is 1. The maximum atomic E-state index is 12.0. The molecule has 4 atom stereocenters. The number of ether oxygens (including phenoxy) is 2. The van der Waals surface area contributed by atoms with Crippen LogP contribution >= 0.6 is 0 Å². The molecule has 2 aliphatic heterocycles. The van der Waals surface area contributed by atoms with Crippen molar-refractivity contribution in [2.24, 2.45) is 5.92 Å². The van der Waals surface area contributed by atoms with Gasteiger partial charge in [-0.2, -0.15) is 0 Å². The van der Waals surface area contributed by atoms with E-state index in [1.54, 1.807) is 37.3 Å². The van der Waals surface area contributed by atoms with Gasteiger partial charge in [0, 0.05) is 13.0 Å². The van der Waals surface area contributed by atoms with Gasteiger partial charge in [-0.25, -0.2) is 9.59 Å². The van der Waals surface area contributed by atoms with E-state index in [4.69, 9.17) is 9.47 Å². The molecular weight excluding hydrogens is 328 g/mol. The van der Waals surface area contributed by atoms with E-state index >= 15 is 0 Å². The second-order valence-electron chi connectivity index (χ2n) is 6.24. The highest BCUT2D eigenvalue weighted by atomic mass is 16.6. The van der Waals surface area contributed by atoms with Crippen molar-refractivity contribution in [3.8, 4) is 0 Å². The molecule has 2 saturated heterocycles. The number of carbonyl (C=O) groups is 3. The minimum atomic E-state index is -0.866. The van der Waals surface area contributed by atoms with Crippen molar-refractivity contribution in [1.29, 1.82) is 0 Å². The maximum absolute atomic E-state index is 12.0. The standard InChI is InChI=1S/C17H20N2O6/c1-10-8-19(17(23)18-15(10)21)14-7-12(20)13(25-14)9-24-16(22)11-5-3-2-4-6-11/h2-6,10,12-14,20H,7-9H2,1H3,(H,18,21,23)/t10?,12-,13+,14?/m1/s1. The van der Waals surface area contributed by atoms with E-state index in [0.717, 1.165) is 0 Å². The van der Waals surface area contributed by atoms with Crippen LogP contribution in [0.1, 0.15) is 23.7 Å². The first-order valence-corrected chi connectivity index (χ1v) is 8.13. The summed E-state index contributed by atoms with van der Waals surface area (Å²) in [6.45, 7) is 1.81. The predicted molar refractivity (Wildman–Crippen MR) is 85.4 cm³/mol. The molecule has 2 N–H and O–H groups in total. The number of imide groups is 1. The van der Waals surface area contributed by atoms with E-state index in [9.17, 15) is 19.5 Å². The SMILES string of the molecule is CC1CN(C2C[C@@H](O)[C@H](COC(=O)c3ccccc3)O2)C(=O)NC1=O. The van der Waals surface area contributed by atoms with Gasteiger partial charge < -0.3 is 14.6 Å². The second-order valence-corrected chi connectivity index (χ2v) is 6.24. The molecule has 0 aromatic heterocycles. The Morgan fingerprint density at radius 3 is 2.80 bits per heavy atom. The Hall–Kier alpha value is -2.45. The molecule has 0 saturated carbocycles. The zero-order valence-corrected chi connectivity index (χ0v) is 13.8. The summed E-state index contributed by atoms with van der Waals surface area (Å²) in [6, 6.07) is 7.97. The predicted octanol–water partition coefficient (Wildman–Crippen LogP) is 0.507. The van der Waals surface area contributed by atoms with Crippen molar-refractivity contribution in [3.63, 3.8) is 0 Å². The topological polar surface area (TPSA) is 105 Å². The molecule has 3 rings (SSSR count). The minimum absolute atomic E-state index is 0.116. The van der Waals surface area contributed by atoms with E-state index in [1.165, 1.54) is 4.90 Å². The van der Waals surface area contributed by atoms with Gasteiger partial charge >= 0.3 is 12.0 Å². The molecule has 2 heterocycles. The lowest BCUT2D eigenvalue weighted by Gasteiger charge is -2.34. The summed E-state index contributed by atoms with van der Waals surface area (Å²) in [5, 5.41) is 12.4. The summed E-state index contributed by atoms with van der Waals surface area (Å²) >= 11 is 0. The maximum Gasteiger partial charge on any atom is 0.338 e. The number of hydrogen-bond acceptors (Lipinski definition) is 6. The average Bonchev–Trinajstić information content (AvgIpc) is 2.97. The van der Waals surface area contributed by atoms with Crippen molar-refractivity contribution in [2.75, 3.05) is 13.2 Å². The number of hydrogen-bond donors (Lipinski definition) is 2. The minimum Gasteiger partial charge on any atom is -0.459 e. The van der Waals surface area contributed by atoms with Crippen LogP contribution in [0.2, 0.25) is 0 Å². The number of nitrogens with one attached hydrogen (secondary N) is 1. The third-order valence-corrected chi connectivity index (χ3v) is 4.35. The third-order valence-electron chi connectivity index (χ3n) is 4.35. The molecule has 0 bridgehead atoms.